The molecular formula is C15H21ClF3N3. The summed E-state index contributed by atoms with van der Waals surface area (Å²) in [6.07, 6.45) is -1.85. The molecule has 0 radical (unpaired) electrons. The zero-order valence-electron chi connectivity index (χ0n) is 12.9. The van der Waals surface area contributed by atoms with E-state index in [0.29, 0.717) is 23.3 Å². The minimum Gasteiger partial charge on any atom is -0.342 e. The lowest BCUT2D eigenvalue weighted by atomic mass is 10.2. The Hall–Kier alpha value is -1.27. The number of halogens is 4. The van der Waals surface area contributed by atoms with E-state index in [0.717, 1.165) is 25.5 Å². The van der Waals surface area contributed by atoms with Gasteiger partial charge in [0.05, 0.1) is 21.6 Å². The lowest BCUT2D eigenvalue weighted by Gasteiger charge is -2.07. The van der Waals surface area contributed by atoms with Crippen molar-refractivity contribution in [3.05, 3.63) is 28.5 Å². The molecule has 7 heteroatoms. The van der Waals surface area contributed by atoms with Gasteiger partial charge in [-0.15, -0.1) is 0 Å². The minimum atomic E-state index is -4.46. The molecule has 0 unspecified atom stereocenters. The van der Waals surface area contributed by atoms with E-state index in [-0.39, 0.29) is 5.02 Å². The van der Waals surface area contributed by atoms with Crippen molar-refractivity contribution in [3.8, 4) is 0 Å². The van der Waals surface area contributed by atoms with E-state index in [9.17, 15) is 13.2 Å². The lowest BCUT2D eigenvalue weighted by Crippen LogP contribution is -2.07. The lowest BCUT2D eigenvalue weighted by molar-refractivity contribution is -0.137. The molecule has 0 fully saturated rings. The molecule has 0 spiro atoms. The first-order valence-corrected chi connectivity index (χ1v) is 7.69. The average molecular weight is 336 g/mol. The third-order valence-electron chi connectivity index (χ3n) is 3.02. The van der Waals surface area contributed by atoms with Gasteiger partial charge in [0.15, 0.2) is 0 Å². The van der Waals surface area contributed by atoms with Crippen LogP contribution in [0.15, 0.2) is 12.1 Å². The van der Waals surface area contributed by atoms with Crippen LogP contribution in [0.3, 0.4) is 0 Å². The average Bonchev–Trinajstić information content (AvgIpc) is 2.85. The second-order valence-electron chi connectivity index (χ2n) is 4.59. The van der Waals surface area contributed by atoms with Crippen LogP contribution in [0.25, 0.3) is 11.0 Å². The largest absolute Gasteiger partial charge is 0.417 e. The van der Waals surface area contributed by atoms with Crippen molar-refractivity contribution >= 4 is 22.6 Å². The summed E-state index contributed by atoms with van der Waals surface area (Å²) in [6, 6.07) is 2.27. The van der Waals surface area contributed by atoms with Gasteiger partial charge in [-0.3, -0.25) is 0 Å². The molecule has 124 valence electrons. The van der Waals surface area contributed by atoms with E-state index in [4.69, 9.17) is 11.6 Å². The molecule has 0 amide bonds. The quantitative estimate of drug-likeness (QED) is 0.770. The normalized spacial score (nSPS) is 11.4. The molecule has 22 heavy (non-hydrogen) atoms. The van der Waals surface area contributed by atoms with Crippen LogP contribution in [0.4, 0.5) is 13.2 Å². The van der Waals surface area contributed by atoms with Crippen LogP contribution in [-0.2, 0) is 12.6 Å². The van der Waals surface area contributed by atoms with E-state index >= 15 is 0 Å². The predicted molar refractivity (Wildman–Crippen MR) is 84.3 cm³/mol. The fraction of sp³-hybridized carbons (Fsp3) is 0.533. The van der Waals surface area contributed by atoms with E-state index in [2.05, 4.69) is 15.3 Å². The summed E-state index contributed by atoms with van der Waals surface area (Å²) in [6.45, 7) is 4.91. The second-order valence-corrected chi connectivity index (χ2v) is 5.00. The molecule has 0 saturated carbocycles. The van der Waals surface area contributed by atoms with Gasteiger partial charge in [0.1, 0.15) is 5.82 Å². The van der Waals surface area contributed by atoms with Gasteiger partial charge in [-0.1, -0.05) is 25.4 Å². The zero-order valence-corrected chi connectivity index (χ0v) is 13.7. The van der Waals surface area contributed by atoms with Gasteiger partial charge in [-0.25, -0.2) is 4.98 Å². The number of aryl methyl sites for hydroxylation is 1. The van der Waals surface area contributed by atoms with E-state index in [1.165, 1.54) is 6.07 Å². The maximum absolute atomic E-state index is 12.7. The first-order valence-electron chi connectivity index (χ1n) is 7.31. The highest BCUT2D eigenvalue weighted by Gasteiger charge is 2.33. The first kappa shape index (κ1) is 18.8. The van der Waals surface area contributed by atoms with Crippen molar-refractivity contribution in [2.75, 3.05) is 13.6 Å². The Morgan fingerprint density at radius 1 is 1.23 bits per heavy atom. The molecule has 0 aliphatic rings. The number of H-pyrrole nitrogens is 1. The fourth-order valence-electron chi connectivity index (χ4n) is 2.01. The van der Waals surface area contributed by atoms with Crippen molar-refractivity contribution < 1.29 is 13.2 Å². The van der Waals surface area contributed by atoms with Crippen LogP contribution in [0.1, 0.15) is 38.1 Å². The molecule has 0 aliphatic carbocycles. The number of aromatic amines is 1. The molecule has 0 atom stereocenters. The van der Waals surface area contributed by atoms with Crippen molar-refractivity contribution in [2.45, 2.75) is 39.3 Å². The van der Waals surface area contributed by atoms with Gasteiger partial charge in [-0.2, -0.15) is 13.2 Å². The summed E-state index contributed by atoms with van der Waals surface area (Å²) >= 11 is 5.66. The number of nitrogens with one attached hydrogen (secondary N) is 2. The van der Waals surface area contributed by atoms with Gasteiger partial charge in [-0.05, 0) is 38.6 Å². The van der Waals surface area contributed by atoms with Crippen LogP contribution in [-0.4, -0.2) is 23.6 Å². The zero-order chi connectivity index (χ0) is 16.8. The van der Waals surface area contributed by atoms with Gasteiger partial charge in [0.2, 0.25) is 0 Å². The molecule has 2 aromatic rings. The number of fused-ring (bicyclic) bond motifs is 1. The highest BCUT2D eigenvalue weighted by Crippen LogP contribution is 2.36. The Labute approximate surface area is 133 Å². The number of imidazole rings is 1. The van der Waals surface area contributed by atoms with E-state index < -0.39 is 11.7 Å². The highest BCUT2D eigenvalue weighted by molar-refractivity contribution is 6.32. The van der Waals surface area contributed by atoms with Crippen LogP contribution < -0.4 is 5.32 Å². The molecule has 1 heterocycles. The fourth-order valence-corrected chi connectivity index (χ4v) is 2.28. The van der Waals surface area contributed by atoms with Gasteiger partial charge in [0, 0.05) is 6.42 Å². The van der Waals surface area contributed by atoms with E-state index in [1.807, 2.05) is 20.9 Å². The topological polar surface area (TPSA) is 40.7 Å². The molecule has 0 bridgehead atoms. The van der Waals surface area contributed by atoms with Crippen LogP contribution in [0.5, 0.6) is 0 Å². The summed E-state index contributed by atoms with van der Waals surface area (Å²) in [5, 5.41) is 2.72. The number of alkyl halides is 3. The molecule has 0 aliphatic heterocycles. The van der Waals surface area contributed by atoms with Crippen molar-refractivity contribution in [1.29, 1.82) is 0 Å². The molecule has 0 saturated heterocycles. The number of nitrogens with zero attached hydrogens (tertiary/aromatic N) is 1. The van der Waals surface area contributed by atoms with Gasteiger partial charge >= 0.3 is 6.18 Å². The number of hydrogen-bond acceptors (Lipinski definition) is 2. The Balaban J connectivity index is 0.00000116. The molecule has 3 nitrogen and oxygen atoms in total. The molecule has 1 aromatic carbocycles. The smallest absolute Gasteiger partial charge is 0.342 e. The maximum atomic E-state index is 12.7. The third kappa shape index (κ3) is 4.88. The molecule has 2 N–H and O–H groups in total. The first-order chi connectivity index (χ1) is 10.4. The van der Waals surface area contributed by atoms with Crippen molar-refractivity contribution in [2.24, 2.45) is 0 Å². The molecule has 2 rings (SSSR count). The Kier molecular flexibility index (Phi) is 7.16. The van der Waals surface area contributed by atoms with E-state index in [1.54, 1.807) is 0 Å². The van der Waals surface area contributed by atoms with Crippen molar-refractivity contribution in [1.82, 2.24) is 15.3 Å². The SMILES string of the molecule is CC.CNCCCCc1nc2cc(Cl)c(C(F)(F)F)cc2[nH]1. The molecule has 1 aromatic heterocycles. The predicted octanol–water partition coefficient (Wildman–Crippen LogP) is 4.80. The van der Waals surface area contributed by atoms with Crippen LogP contribution in [0, 0.1) is 0 Å². The van der Waals surface area contributed by atoms with Gasteiger partial charge < -0.3 is 10.3 Å². The summed E-state index contributed by atoms with van der Waals surface area (Å²) in [7, 11) is 1.88. The Morgan fingerprint density at radius 2 is 1.91 bits per heavy atom. The summed E-state index contributed by atoms with van der Waals surface area (Å²) in [5.74, 6) is 0.687. The Bertz CT molecular complexity index is 593. The van der Waals surface area contributed by atoms with Crippen LogP contribution >= 0.6 is 11.6 Å². The third-order valence-corrected chi connectivity index (χ3v) is 3.33. The standard InChI is InChI=1S/C13H15ClF3N3.C2H6/c1-18-5-3-2-4-12-19-10-6-8(13(15,16)17)9(14)7-11(10)20-12;1-2/h6-7,18H,2-5H2,1H3,(H,19,20);1-2H3. The summed E-state index contributed by atoms with van der Waals surface area (Å²) < 4.78 is 38.2. The summed E-state index contributed by atoms with van der Waals surface area (Å²) in [4.78, 5) is 7.19. The minimum absolute atomic E-state index is 0.321. The number of hydrogen-bond donors (Lipinski definition) is 2. The number of aromatic nitrogens is 2. The van der Waals surface area contributed by atoms with Crippen molar-refractivity contribution in [3.63, 3.8) is 0 Å². The van der Waals surface area contributed by atoms with Crippen LogP contribution in [0.2, 0.25) is 5.02 Å². The monoisotopic (exact) mass is 335 g/mol. The highest BCUT2D eigenvalue weighted by atomic mass is 35.5. The maximum Gasteiger partial charge on any atom is 0.417 e. The number of rotatable bonds is 5. The Morgan fingerprint density at radius 3 is 2.50 bits per heavy atom. The van der Waals surface area contributed by atoms with Gasteiger partial charge in [0.25, 0.3) is 0 Å². The second kappa shape index (κ2) is 8.39. The number of unbranched alkanes of at least 4 members (excludes halogenated alkanes) is 1. The molecular weight excluding hydrogens is 315 g/mol. The summed E-state index contributed by atoms with van der Waals surface area (Å²) in [5.41, 5.74) is -0.00555. The number of benzene rings is 1.